The van der Waals surface area contributed by atoms with Crippen molar-refractivity contribution in [3.8, 4) is 5.88 Å². The fourth-order valence-corrected chi connectivity index (χ4v) is 4.35. The molecular formula is C20H32IN3O5S. The molecular weight excluding hydrogens is 521 g/mol. The number of esters is 1. The number of ether oxygens (including phenoxy) is 2. The lowest BCUT2D eigenvalue weighted by molar-refractivity contribution is -0.141. The van der Waals surface area contributed by atoms with Crippen molar-refractivity contribution in [2.24, 2.45) is 7.05 Å². The molecule has 30 heavy (non-hydrogen) atoms. The van der Waals surface area contributed by atoms with E-state index < -0.39 is 16.0 Å². The quantitative estimate of drug-likeness (QED) is 0.311. The number of benzene rings is 1. The normalized spacial score (nSPS) is 11.1. The topological polar surface area (TPSA) is 99.5 Å². The molecule has 1 heterocycles. The Balaban J connectivity index is 0.00000420. The molecule has 1 aromatic carbocycles. The molecule has 8 nitrogen and oxygen atoms in total. The minimum atomic E-state index is -3.78. The van der Waals surface area contributed by atoms with Crippen LogP contribution in [0.1, 0.15) is 48.1 Å². The second kappa shape index (κ2) is 11.0. The summed E-state index contributed by atoms with van der Waals surface area (Å²) >= 11 is 1.96. The predicted molar refractivity (Wildman–Crippen MR) is 127 cm³/mol. The van der Waals surface area contributed by atoms with E-state index in [1.807, 2.05) is 34.7 Å². The van der Waals surface area contributed by atoms with E-state index in [4.69, 9.17) is 9.47 Å². The van der Waals surface area contributed by atoms with Crippen molar-refractivity contribution in [1.29, 1.82) is 0 Å². The molecule has 10 heteroatoms. The van der Waals surface area contributed by atoms with Crippen LogP contribution >= 0.6 is 22.6 Å². The van der Waals surface area contributed by atoms with Crippen LogP contribution in [0.15, 0.2) is 29.2 Å². The van der Waals surface area contributed by atoms with Crippen LogP contribution in [0.5, 0.6) is 5.88 Å². The molecule has 0 aliphatic carbocycles. The van der Waals surface area contributed by atoms with E-state index in [9.17, 15) is 13.2 Å². The van der Waals surface area contributed by atoms with Crippen LogP contribution in [-0.4, -0.2) is 37.4 Å². The van der Waals surface area contributed by atoms with Gasteiger partial charge in [0, 0.05) is 14.0 Å². The van der Waals surface area contributed by atoms with Gasteiger partial charge >= 0.3 is 5.97 Å². The maximum atomic E-state index is 12.8. The Morgan fingerprint density at radius 2 is 1.73 bits per heavy atom. The van der Waals surface area contributed by atoms with Gasteiger partial charge in [0.15, 0.2) is 5.82 Å². The fourth-order valence-electron chi connectivity index (χ4n) is 2.32. The van der Waals surface area contributed by atoms with Gasteiger partial charge in [0.2, 0.25) is 5.88 Å². The Bertz CT molecular complexity index is 948. The van der Waals surface area contributed by atoms with Crippen LogP contribution in [0.4, 0.5) is 5.82 Å². The van der Waals surface area contributed by atoms with Crippen LogP contribution in [0.2, 0.25) is 0 Å². The molecule has 0 aliphatic heterocycles. The van der Waals surface area contributed by atoms with Gasteiger partial charge in [-0.15, -0.1) is 5.10 Å². The summed E-state index contributed by atoms with van der Waals surface area (Å²) in [6.45, 7) is 7.71. The highest BCUT2D eigenvalue weighted by Crippen LogP contribution is 2.30. The first-order chi connectivity index (χ1) is 12.9. The predicted octanol–water partition coefficient (Wildman–Crippen LogP) is 4.34. The van der Waals surface area contributed by atoms with E-state index in [1.165, 1.54) is 11.6 Å². The number of aromatic nitrogens is 2. The van der Waals surface area contributed by atoms with Crippen LogP contribution in [0, 0.1) is 3.57 Å². The lowest BCUT2D eigenvalue weighted by Gasteiger charge is -2.19. The number of carbonyl (C=O) groups is 1. The van der Waals surface area contributed by atoms with E-state index in [1.54, 1.807) is 19.2 Å². The highest BCUT2D eigenvalue weighted by atomic mass is 127. The van der Waals surface area contributed by atoms with E-state index >= 15 is 0 Å². The Labute approximate surface area is 193 Å². The molecule has 0 aliphatic rings. The van der Waals surface area contributed by atoms with Crippen LogP contribution < -0.4 is 9.46 Å². The van der Waals surface area contributed by atoms with Crippen molar-refractivity contribution in [2.45, 2.75) is 52.9 Å². The number of sulfonamides is 1. The number of halogens is 1. The second-order valence-corrected chi connectivity index (χ2v) is 9.92. The second-order valence-electron chi connectivity index (χ2n) is 7.16. The first-order valence-corrected chi connectivity index (χ1v) is 11.1. The molecule has 0 fully saturated rings. The number of nitrogens with one attached hydrogen (secondary N) is 1. The average Bonchev–Trinajstić information content (AvgIpc) is 2.85. The summed E-state index contributed by atoms with van der Waals surface area (Å²) in [6, 6.07) is 6.80. The maximum absolute atomic E-state index is 12.8. The standard InChI is InChI=1S/C18H24IN3O5S.2CH4/c1-12(23)26-10-11-27-17-15(19)16(22(5)20-17)21-28(24,25)14-8-6-13(7-9-14)18(2,3)4;;/h6-9,21H,10-11H2,1-5H3;2*1H4. The maximum Gasteiger partial charge on any atom is 0.302 e. The highest BCUT2D eigenvalue weighted by molar-refractivity contribution is 14.1. The van der Waals surface area contributed by atoms with Gasteiger partial charge in [0.25, 0.3) is 10.0 Å². The number of rotatable bonds is 7. The van der Waals surface area contributed by atoms with Crippen molar-refractivity contribution < 1.29 is 22.7 Å². The average molecular weight is 553 g/mol. The monoisotopic (exact) mass is 553 g/mol. The molecule has 0 saturated carbocycles. The molecule has 1 N–H and O–H groups in total. The summed E-state index contributed by atoms with van der Waals surface area (Å²) in [7, 11) is -2.17. The Hall–Kier alpha value is -1.82. The third-order valence-corrected chi connectivity index (χ3v) is 6.18. The van der Waals surface area contributed by atoms with Crippen LogP contribution in [0.3, 0.4) is 0 Å². The third kappa shape index (κ3) is 7.15. The van der Waals surface area contributed by atoms with E-state index in [-0.39, 0.29) is 44.3 Å². The zero-order valence-corrected chi connectivity index (χ0v) is 19.4. The summed E-state index contributed by atoms with van der Waals surface area (Å²) in [4.78, 5) is 10.9. The minimum Gasteiger partial charge on any atom is -0.472 e. The third-order valence-electron chi connectivity index (χ3n) is 3.85. The molecule has 0 bridgehead atoms. The van der Waals surface area contributed by atoms with Gasteiger partial charge in [0.1, 0.15) is 16.8 Å². The molecule has 0 atom stereocenters. The molecule has 0 radical (unpaired) electrons. The van der Waals surface area contributed by atoms with Crippen molar-refractivity contribution in [3.05, 3.63) is 33.4 Å². The highest BCUT2D eigenvalue weighted by Gasteiger charge is 2.23. The Morgan fingerprint density at radius 1 is 1.17 bits per heavy atom. The van der Waals surface area contributed by atoms with Gasteiger partial charge in [0.05, 0.1) is 4.90 Å². The van der Waals surface area contributed by atoms with Gasteiger partial charge < -0.3 is 9.47 Å². The fraction of sp³-hybridized carbons (Fsp3) is 0.500. The lowest BCUT2D eigenvalue weighted by atomic mass is 9.87. The van der Waals surface area contributed by atoms with Crippen molar-refractivity contribution in [1.82, 2.24) is 9.78 Å². The molecule has 170 valence electrons. The first kappa shape index (κ1) is 28.2. The minimum absolute atomic E-state index is 0. The zero-order valence-electron chi connectivity index (χ0n) is 16.4. The molecule has 2 aromatic rings. The van der Waals surface area contributed by atoms with Gasteiger partial charge in [-0.3, -0.25) is 9.52 Å². The SMILES string of the molecule is C.C.CC(=O)OCCOc1nn(C)c(NS(=O)(=O)c2ccc(C(C)(C)C)cc2)c1I. The van der Waals surface area contributed by atoms with Crippen LogP contribution in [0.25, 0.3) is 0 Å². The Morgan fingerprint density at radius 3 is 2.23 bits per heavy atom. The molecule has 0 saturated heterocycles. The zero-order chi connectivity index (χ0) is 21.1. The summed E-state index contributed by atoms with van der Waals surface area (Å²) in [5.41, 5.74) is 0.982. The van der Waals surface area contributed by atoms with Gasteiger partial charge in [-0.2, -0.15) is 0 Å². The number of hydrogen-bond donors (Lipinski definition) is 1. The van der Waals surface area contributed by atoms with Gasteiger partial charge in [-0.25, -0.2) is 13.1 Å². The van der Waals surface area contributed by atoms with E-state index in [0.29, 0.717) is 9.39 Å². The molecule has 0 amide bonds. The number of carbonyl (C=O) groups excluding carboxylic acids is 1. The van der Waals surface area contributed by atoms with Crippen molar-refractivity contribution in [3.63, 3.8) is 0 Å². The van der Waals surface area contributed by atoms with Crippen molar-refractivity contribution >= 4 is 44.4 Å². The van der Waals surface area contributed by atoms with Gasteiger partial charge in [-0.05, 0) is 45.7 Å². The number of anilines is 1. The largest absolute Gasteiger partial charge is 0.472 e. The molecule has 0 unspecified atom stereocenters. The summed E-state index contributed by atoms with van der Waals surface area (Å²) in [6.07, 6.45) is 0. The van der Waals surface area contributed by atoms with Crippen LogP contribution in [-0.2, 0) is 32.0 Å². The summed E-state index contributed by atoms with van der Waals surface area (Å²) in [5.74, 6) is 0.157. The van der Waals surface area contributed by atoms with Crippen molar-refractivity contribution in [2.75, 3.05) is 17.9 Å². The summed E-state index contributed by atoms with van der Waals surface area (Å²) < 4.78 is 40.2. The Kier molecular flexibility index (Phi) is 10.3. The first-order valence-electron chi connectivity index (χ1n) is 8.54. The molecule has 2 rings (SSSR count). The summed E-state index contributed by atoms with van der Waals surface area (Å²) in [5, 5.41) is 4.17. The van der Waals surface area contributed by atoms with Gasteiger partial charge in [-0.1, -0.05) is 47.8 Å². The number of nitrogens with zero attached hydrogens (tertiary/aromatic N) is 2. The molecule has 0 spiro atoms. The number of hydrogen-bond acceptors (Lipinski definition) is 6. The van der Waals surface area contributed by atoms with E-state index in [0.717, 1.165) is 5.56 Å². The lowest BCUT2D eigenvalue weighted by Crippen LogP contribution is -2.17. The smallest absolute Gasteiger partial charge is 0.302 e. The number of aryl methyl sites for hydroxylation is 1. The van der Waals surface area contributed by atoms with E-state index in [2.05, 4.69) is 30.6 Å². The molecule has 1 aromatic heterocycles.